The summed E-state index contributed by atoms with van der Waals surface area (Å²) in [5.41, 5.74) is -2.64. The van der Waals surface area contributed by atoms with Crippen molar-refractivity contribution in [1.82, 2.24) is 4.90 Å². The second kappa shape index (κ2) is 10.4. The normalized spacial score (nSPS) is 31.5. The van der Waals surface area contributed by atoms with Crippen LogP contribution in [-0.4, -0.2) is 40.6 Å². The van der Waals surface area contributed by atoms with Gasteiger partial charge in [-0.3, -0.25) is 9.59 Å². The smallest absolute Gasteiger partial charge is 0.426 e. The molecule has 3 atom stereocenters. The third-order valence-corrected chi connectivity index (χ3v) is 11.3. The molecular weight excluding hydrogens is 546 g/mol. The fourth-order valence-corrected chi connectivity index (χ4v) is 8.53. The van der Waals surface area contributed by atoms with E-state index in [9.17, 15) is 32.3 Å². The van der Waals surface area contributed by atoms with E-state index >= 15 is 0 Å². The SMILES string of the molecule is C.CC(F)(c1ccc2c(c1)CCC1N(C(=O)C34CCC(C(=O)O)(CC3)CC4)CCC21CCc1ccccc1)C(F)(F)F. The minimum Gasteiger partial charge on any atom is -0.481 e. The lowest BCUT2D eigenvalue weighted by molar-refractivity contribution is -0.228. The standard InChI is InChI=1S/C33H37F4NO3.CH4/c1-29(34,33(35,36)37)24-8-9-25-23(21-24)7-10-26-32(25,12-11-22-5-3-2-4-6-22)19-20-38(26)27(39)30-13-16-31(17-14-30,18-15-30)28(40)41;/h2-6,8-9,21,26H,7,10-20H2,1H3,(H,40,41);1H4. The molecule has 5 aliphatic rings. The number of hydrogen-bond acceptors (Lipinski definition) is 2. The number of rotatable bonds is 6. The van der Waals surface area contributed by atoms with Crippen LogP contribution in [-0.2, 0) is 33.5 Å². The monoisotopic (exact) mass is 587 g/mol. The van der Waals surface area contributed by atoms with Gasteiger partial charge in [0.25, 0.3) is 0 Å². The molecule has 7 rings (SSSR count). The Bertz CT molecular complexity index is 1330. The van der Waals surface area contributed by atoms with Crippen molar-refractivity contribution in [2.75, 3.05) is 6.54 Å². The minimum absolute atomic E-state index is 0. The number of carbonyl (C=O) groups is 2. The van der Waals surface area contributed by atoms with Crippen LogP contribution in [0.25, 0.3) is 0 Å². The number of hydrogen-bond donors (Lipinski definition) is 1. The van der Waals surface area contributed by atoms with Crippen LogP contribution in [0.3, 0.4) is 0 Å². The molecule has 3 saturated carbocycles. The number of nitrogens with zero attached hydrogens (tertiary/aromatic N) is 1. The van der Waals surface area contributed by atoms with Gasteiger partial charge in [-0.1, -0.05) is 56.0 Å². The van der Waals surface area contributed by atoms with E-state index in [1.165, 1.54) is 12.1 Å². The molecule has 1 saturated heterocycles. The lowest BCUT2D eigenvalue weighted by atomic mass is 9.53. The van der Waals surface area contributed by atoms with E-state index in [1.54, 1.807) is 6.07 Å². The van der Waals surface area contributed by atoms with Crippen molar-refractivity contribution in [3.63, 3.8) is 0 Å². The number of benzene rings is 2. The molecule has 0 aromatic heterocycles. The lowest BCUT2D eigenvalue weighted by Gasteiger charge is -2.52. The molecule has 0 spiro atoms. The van der Waals surface area contributed by atoms with Crippen molar-refractivity contribution in [3.05, 3.63) is 70.8 Å². The van der Waals surface area contributed by atoms with Crippen LogP contribution >= 0.6 is 0 Å². The fraction of sp³-hybridized carbons (Fsp3) is 0.588. The van der Waals surface area contributed by atoms with Crippen LogP contribution in [0.1, 0.15) is 94.4 Å². The summed E-state index contributed by atoms with van der Waals surface area (Å²) < 4.78 is 55.6. The predicted molar refractivity (Wildman–Crippen MR) is 153 cm³/mol. The highest BCUT2D eigenvalue weighted by Crippen LogP contribution is 2.59. The Morgan fingerprint density at radius 3 is 2.14 bits per heavy atom. The minimum atomic E-state index is -5.02. The van der Waals surface area contributed by atoms with Gasteiger partial charge in [0.2, 0.25) is 11.6 Å². The van der Waals surface area contributed by atoms with Gasteiger partial charge in [0.15, 0.2) is 0 Å². The maximum atomic E-state index is 15.0. The van der Waals surface area contributed by atoms with Gasteiger partial charge in [-0.2, -0.15) is 13.2 Å². The molecule has 1 heterocycles. The highest BCUT2D eigenvalue weighted by atomic mass is 19.4. The van der Waals surface area contributed by atoms with Gasteiger partial charge in [0.1, 0.15) is 0 Å². The van der Waals surface area contributed by atoms with Crippen LogP contribution in [0.2, 0.25) is 0 Å². The summed E-state index contributed by atoms with van der Waals surface area (Å²) in [5, 5.41) is 9.81. The summed E-state index contributed by atoms with van der Waals surface area (Å²) in [6.45, 7) is 1.14. The Kier molecular flexibility index (Phi) is 7.55. The average Bonchev–Trinajstić information content (AvgIpc) is 3.36. The summed E-state index contributed by atoms with van der Waals surface area (Å²) in [6.07, 6.45) is 1.61. The first-order chi connectivity index (χ1) is 19.3. The molecule has 3 unspecified atom stereocenters. The van der Waals surface area contributed by atoms with Crippen LogP contribution in [0.5, 0.6) is 0 Å². The van der Waals surface area contributed by atoms with Gasteiger partial charge < -0.3 is 10.0 Å². The largest absolute Gasteiger partial charge is 0.481 e. The van der Waals surface area contributed by atoms with E-state index in [1.807, 2.05) is 23.1 Å². The van der Waals surface area contributed by atoms with Crippen LogP contribution in [0.4, 0.5) is 17.6 Å². The molecular formula is C34H41F4NO3. The fourth-order valence-electron chi connectivity index (χ4n) is 8.53. The Morgan fingerprint density at radius 2 is 1.55 bits per heavy atom. The molecule has 4 aliphatic carbocycles. The molecule has 2 aromatic carbocycles. The second-order valence-electron chi connectivity index (χ2n) is 13.2. The second-order valence-corrected chi connectivity index (χ2v) is 13.2. The van der Waals surface area contributed by atoms with E-state index in [4.69, 9.17) is 0 Å². The number of halogens is 4. The van der Waals surface area contributed by atoms with Gasteiger partial charge in [0.05, 0.1) is 5.41 Å². The number of amides is 1. The molecule has 0 radical (unpaired) electrons. The Balaban J connectivity index is 0.00000353. The van der Waals surface area contributed by atoms with Gasteiger partial charge in [-0.25, -0.2) is 4.39 Å². The summed E-state index contributed by atoms with van der Waals surface area (Å²) in [5.74, 6) is -0.631. The third-order valence-electron chi connectivity index (χ3n) is 11.3. The van der Waals surface area contributed by atoms with Gasteiger partial charge in [0, 0.05) is 23.4 Å². The molecule has 1 aliphatic heterocycles. The first-order valence-electron chi connectivity index (χ1n) is 14.8. The first-order valence-corrected chi connectivity index (χ1v) is 14.8. The van der Waals surface area contributed by atoms with Crippen LogP contribution in [0.15, 0.2) is 48.5 Å². The number of likely N-dealkylation sites (tertiary alicyclic amines) is 1. The van der Waals surface area contributed by atoms with E-state index in [0.717, 1.165) is 29.5 Å². The molecule has 8 heteroatoms. The maximum absolute atomic E-state index is 15.0. The van der Waals surface area contributed by atoms with Gasteiger partial charge in [-0.15, -0.1) is 0 Å². The zero-order chi connectivity index (χ0) is 29.3. The van der Waals surface area contributed by atoms with Crippen molar-refractivity contribution >= 4 is 11.9 Å². The Labute approximate surface area is 245 Å². The van der Waals surface area contributed by atoms with Crippen molar-refractivity contribution in [1.29, 1.82) is 0 Å². The lowest BCUT2D eigenvalue weighted by Crippen LogP contribution is -2.56. The van der Waals surface area contributed by atoms with Crippen molar-refractivity contribution in [3.8, 4) is 0 Å². The molecule has 42 heavy (non-hydrogen) atoms. The summed E-state index contributed by atoms with van der Waals surface area (Å²) >= 11 is 0. The van der Waals surface area contributed by atoms with E-state index in [2.05, 4.69) is 12.1 Å². The molecule has 1 amide bonds. The topological polar surface area (TPSA) is 57.6 Å². The molecule has 1 N–H and O–H groups in total. The maximum Gasteiger partial charge on any atom is 0.426 e. The Morgan fingerprint density at radius 1 is 0.929 bits per heavy atom. The molecule has 4 fully saturated rings. The predicted octanol–water partition coefficient (Wildman–Crippen LogP) is 7.91. The molecule has 2 bridgehead atoms. The quantitative estimate of drug-likeness (QED) is 0.350. The van der Waals surface area contributed by atoms with Crippen molar-refractivity contribution in [2.24, 2.45) is 10.8 Å². The van der Waals surface area contributed by atoms with Gasteiger partial charge >= 0.3 is 12.1 Å². The number of alkyl halides is 4. The van der Waals surface area contributed by atoms with E-state index in [0.29, 0.717) is 71.3 Å². The number of aryl methyl sites for hydroxylation is 2. The number of carbonyl (C=O) groups excluding carboxylic acids is 1. The molecule has 228 valence electrons. The highest BCUT2D eigenvalue weighted by Gasteiger charge is 2.60. The molecule has 2 aromatic rings. The zero-order valence-electron chi connectivity index (χ0n) is 23.4. The van der Waals surface area contributed by atoms with Crippen molar-refractivity contribution in [2.45, 2.75) is 108 Å². The third kappa shape index (κ3) is 4.55. The number of carboxylic acid groups (broad SMARTS) is 1. The van der Waals surface area contributed by atoms with E-state index in [-0.39, 0.29) is 24.9 Å². The average molecular weight is 588 g/mol. The Hall–Kier alpha value is -2.90. The number of aliphatic carboxylic acids is 1. The van der Waals surface area contributed by atoms with Crippen LogP contribution in [0, 0.1) is 10.8 Å². The van der Waals surface area contributed by atoms with Crippen LogP contribution < -0.4 is 0 Å². The van der Waals surface area contributed by atoms with E-state index < -0.39 is 34.1 Å². The van der Waals surface area contributed by atoms with Gasteiger partial charge in [-0.05, 0) is 99.8 Å². The van der Waals surface area contributed by atoms with Crippen molar-refractivity contribution < 1.29 is 32.3 Å². The summed E-state index contributed by atoms with van der Waals surface area (Å²) in [4.78, 5) is 28.3. The zero-order valence-corrected chi connectivity index (χ0v) is 23.4. The highest BCUT2D eigenvalue weighted by molar-refractivity contribution is 5.85. The summed E-state index contributed by atoms with van der Waals surface area (Å²) in [7, 11) is 0. The number of carboxylic acids is 1. The first kappa shape index (κ1) is 30.6. The number of fused-ring (bicyclic) bond motifs is 6. The summed E-state index contributed by atoms with van der Waals surface area (Å²) in [6, 6.07) is 14.3. The molecule has 4 nitrogen and oxygen atoms in total.